The van der Waals surface area contributed by atoms with Gasteiger partial charge in [-0.05, 0) is 69.4 Å². The van der Waals surface area contributed by atoms with E-state index in [0.29, 0.717) is 11.4 Å². The van der Waals surface area contributed by atoms with Gasteiger partial charge in [-0.15, -0.1) is 0 Å². The SMILES string of the molecule is Cc1c(C)c(C)c(S(=O)(=O)NCCC(=O)N2CCNC[C@@H]2C)c(C)c1C. The van der Waals surface area contributed by atoms with Gasteiger partial charge in [0.25, 0.3) is 0 Å². The first-order valence-electron chi connectivity index (χ1n) is 9.14. The third-order valence-corrected chi connectivity index (χ3v) is 7.39. The van der Waals surface area contributed by atoms with Gasteiger partial charge in [0.05, 0.1) is 4.90 Å². The predicted molar refractivity (Wildman–Crippen MR) is 104 cm³/mol. The van der Waals surface area contributed by atoms with Crippen molar-refractivity contribution >= 4 is 15.9 Å². The van der Waals surface area contributed by atoms with Crippen LogP contribution in [0.25, 0.3) is 0 Å². The highest BCUT2D eigenvalue weighted by Crippen LogP contribution is 2.29. The van der Waals surface area contributed by atoms with Gasteiger partial charge in [0.2, 0.25) is 15.9 Å². The molecule has 1 aliphatic rings. The van der Waals surface area contributed by atoms with Crippen LogP contribution in [0.5, 0.6) is 0 Å². The molecular weight excluding hydrogens is 350 g/mol. The van der Waals surface area contributed by atoms with Gasteiger partial charge < -0.3 is 10.2 Å². The molecule has 6 nitrogen and oxygen atoms in total. The zero-order chi connectivity index (χ0) is 19.6. The lowest BCUT2D eigenvalue weighted by molar-refractivity contribution is -0.133. The van der Waals surface area contributed by atoms with Crippen molar-refractivity contribution in [2.24, 2.45) is 0 Å². The lowest BCUT2D eigenvalue weighted by atomic mass is 9.95. The van der Waals surface area contributed by atoms with Gasteiger partial charge in [-0.3, -0.25) is 4.79 Å². The van der Waals surface area contributed by atoms with Crippen molar-refractivity contribution in [2.45, 2.75) is 58.9 Å². The lowest BCUT2D eigenvalue weighted by Gasteiger charge is -2.34. The second kappa shape index (κ2) is 8.06. The van der Waals surface area contributed by atoms with Crippen molar-refractivity contribution in [3.63, 3.8) is 0 Å². The topological polar surface area (TPSA) is 78.5 Å². The molecule has 26 heavy (non-hydrogen) atoms. The number of sulfonamides is 1. The third kappa shape index (κ3) is 4.10. The monoisotopic (exact) mass is 381 g/mol. The van der Waals surface area contributed by atoms with Crippen LogP contribution in [0.4, 0.5) is 0 Å². The lowest BCUT2D eigenvalue weighted by Crippen LogP contribution is -2.52. The normalized spacial score (nSPS) is 18.2. The molecule has 1 atom stereocenters. The van der Waals surface area contributed by atoms with Crippen molar-refractivity contribution in [3.05, 3.63) is 27.8 Å². The first-order chi connectivity index (χ1) is 12.1. The Morgan fingerprint density at radius 1 is 1.08 bits per heavy atom. The van der Waals surface area contributed by atoms with E-state index < -0.39 is 10.0 Å². The Balaban J connectivity index is 2.12. The van der Waals surface area contributed by atoms with Crippen molar-refractivity contribution in [1.29, 1.82) is 0 Å². The fourth-order valence-corrected chi connectivity index (χ4v) is 5.22. The molecule has 1 fully saturated rings. The number of hydrogen-bond donors (Lipinski definition) is 2. The standard InChI is InChI=1S/C19H31N3O3S/c1-12-11-20-9-10-22(12)18(23)7-8-21-26(24,25)19-16(5)14(3)13(2)15(4)17(19)6/h12,20-21H,7-11H2,1-6H3/t12-/m0/s1. The molecule has 146 valence electrons. The van der Waals surface area contributed by atoms with E-state index in [-0.39, 0.29) is 24.9 Å². The minimum absolute atomic E-state index is 0.00795. The molecule has 1 amide bonds. The number of benzene rings is 1. The zero-order valence-corrected chi connectivity index (χ0v) is 17.5. The van der Waals surface area contributed by atoms with Crippen LogP contribution in [0, 0.1) is 34.6 Å². The Kier molecular flexibility index (Phi) is 6.47. The van der Waals surface area contributed by atoms with Gasteiger partial charge in [0.15, 0.2) is 0 Å². The molecular formula is C19H31N3O3S. The summed E-state index contributed by atoms with van der Waals surface area (Å²) in [7, 11) is -3.66. The van der Waals surface area contributed by atoms with E-state index in [1.54, 1.807) is 0 Å². The molecule has 0 aromatic heterocycles. The van der Waals surface area contributed by atoms with E-state index in [2.05, 4.69) is 10.0 Å². The van der Waals surface area contributed by atoms with E-state index in [0.717, 1.165) is 40.9 Å². The highest BCUT2D eigenvalue weighted by Gasteiger charge is 2.25. The minimum atomic E-state index is -3.66. The average molecular weight is 382 g/mol. The van der Waals surface area contributed by atoms with Crippen molar-refractivity contribution < 1.29 is 13.2 Å². The number of rotatable bonds is 5. The molecule has 0 aliphatic carbocycles. The fraction of sp³-hybridized carbons (Fsp3) is 0.632. The molecule has 7 heteroatoms. The van der Waals surface area contributed by atoms with E-state index in [1.807, 2.05) is 46.4 Å². The van der Waals surface area contributed by atoms with Crippen LogP contribution in [0.15, 0.2) is 4.90 Å². The second-order valence-electron chi connectivity index (χ2n) is 7.24. The molecule has 0 saturated carbocycles. The highest BCUT2D eigenvalue weighted by molar-refractivity contribution is 7.89. The summed E-state index contributed by atoms with van der Waals surface area (Å²) < 4.78 is 28.4. The molecule has 1 aromatic carbocycles. The van der Waals surface area contributed by atoms with Gasteiger partial charge in [0, 0.05) is 38.6 Å². The third-order valence-electron chi connectivity index (χ3n) is 5.65. The quantitative estimate of drug-likeness (QED) is 0.814. The molecule has 0 unspecified atom stereocenters. The Labute approximate surface area is 157 Å². The first kappa shape index (κ1) is 20.9. The maximum Gasteiger partial charge on any atom is 0.241 e. The highest BCUT2D eigenvalue weighted by atomic mass is 32.2. The van der Waals surface area contributed by atoms with E-state index in [1.165, 1.54) is 0 Å². The van der Waals surface area contributed by atoms with Gasteiger partial charge >= 0.3 is 0 Å². The summed E-state index contributed by atoms with van der Waals surface area (Å²) in [4.78, 5) is 14.6. The second-order valence-corrected chi connectivity index (χ2v) is 8.95. The van der Waals surface area contributed by atoms with E-state index in [9.17, 15) is 13.2 Å². The van der Waals surface area contributed by atoms with Crippen molar-refractivity contribution in [3.8, 4) is 0 Å². The summed E-state index contributed by atoms with van der Waals surface area (Å²) in [5, 5.41) is 3.24. The smallest absolute Gasteiger partial charge is 0.241 e. The number of piperazine rings is 1. The number of carbonyl (C=O) groups excluding carboxylic acids is 1. The predicted octanol–water partition coefficient (Wildman–Crippen LogP) is 1.72. The molecule has 0 bridgehead atoms. The number of nitrogens with one attached hydrogen (secondary N) is 2. The van der Waals surface area contributed by atoms with E-state index in [4.69, 9.17) is 0 Å². The maximum atomic E-state index is 12.9. The molecule has 1 aliphatic heterocycles. The summed E-state index contributed by atoms with van der Waals surface area (Å²) in [6, 6.07) is 0.139. The summed E-state index contributed by atoms with van der Waals surface area (Å²) >= 11 is 0. The van der Waals surface area contributed by atoms with Crippen molar-refractivity contribution in [2.75, 3.05) is 26.2 Å². The van der Waals surface area contributed by atoms with Gasteiger partial charge in [0.1, 0.15) is 0 Å². The largest absolute Gasteiger partial charge is 0.337 e. The molecule has 1 saturated heterocycles. The van der Waals surface area contributed by atoms with Gasteiger partial charge in [-0.2, -0.15) is 0 Å². The Morgan fingerprint density at radius 3 is 2.15 bits per heavy atom. The molecule has 2 rings (SSSR count). The van der Waals surface area contributed by atoms with Crippen molar-refractivity contribution in [1.82, 2.24) is 14.9 Å². The van der Waals surface area contributed by atoms with Crippen LogP contribution < -0.4 is 10.0 Å². The Morgan fingerprint density at radius 2 is 1.62 bits per heavy atom. The minimum Gasteiger partial charge on any atom is -0.337 e. The fourth-order valence-electron chi connectivity index (χ4n) is 3.59. The number of nitrogens with zero attached hydrogens (tertiary/aromatic N) is 1. The Bertz CT molecular complexity index is 774. The van der Waals surface area contributed by atoms with Crippen LogP contribution >= 0.6 is 0 Å². The molecule has 2 N–H and O–H groups in total. The van der Waals surface area contributed by atoms with Crippen LogP contribution in [0.3, 0.4) is 0 Å². The maximum absolute atomic E-state index is 12.9. The van der Waals surface area contributed by atoms with Crippen LogP contribution in [0.2, 0.25) is 0 Å². The van der Waals surface area contributed by atoms with Crippen LogP contribution in [-0.2, 0) is 14.8 Å². The zero-order valence-electron chi connectivity index (χ0n) is 16.7. The van der Waals surface area contributed by atoms with Crippen LogP contribution in [0.1, 0.15) is 41.2 Å². The summed E-state index contributed by atoms with van der Waals surface area (Å²) in [6.07, 6.45) is 0.172. The first-order valence-corrected chi connectivity index (χ1v) is 10.6. The average Bonchev–Trinajstić information content (AvgIpc) is 2.58. The molecule has 0 radical (unpaired) electrons. The number of carbonyl (C=O) groups is 1. The molecule has 0 spiro atoms. The summed E-state index contributed by atoms with van der Waals surface area (Å²) in [6.45, 7) is 13.9. The number of amides is 1. The van der Waals surface area contributed by atoms with Gasteiger partial charge in [-0.1, -0.05) is 0 Å². The Hall–Kier alpha value is -1.44. The van der Waals surface area contributed by atoms with E-state index >= 15 is 0 Å². The van der Waals surface area contributed by atoms with Gasteiger partial charge in [-0.25, -0.2) is 13.1 Å². The summed E-state index contributed by atoms with van der Waals surface area (Å²) in [5.41, 5.74) is 4.68. The molecule has 1 aromatic rings. The number of hydrogen-bond acceptors (Lipinski definition) is 4. The van der Waals surface area contributed by atoms with Crippen LogP contribution in [-0.4, -0.2) is 51.4 Å². The molecule has 1 heterocycles. The summed E-state index contributed by atoms with van der Waals surface area (Å²) in [5.74, 6) is -0.00795.